The fourth-order valence-electron chi connectivity index (χ4n) is 1.77. The predicted octanol–water partition coefficient (Wildman–Crippen LogP) is 3.56. The minimum absolute atomic E-state index is 0.308. The molecule has 3 N–H and O–H groups in total. The molecule has 0 saturated carbocycles. The molecule has 17 heavy (non-hydrogen) atoms. The van der Waals surface area contributed by atoms with Gasteiger partial charge in [-0.25, -0.2) is 4.39 Å². The van der Waals surface area contributed by atoms with E-state index in [0.717, 1.165) is 16.6 Å². The molecule has 0 aliphatic carbocycles. The summed E-state index contributed by atoms with van der Waals surface area (Å²) < 4.78 is 13.5. The first-order valence-corrected chi connectivity index (χ1v) is 6.74. The standard InChI is InChI=1S/C12H15FNO2P/c1-7(2)11-6-9-5-8(12(13)17(15)16)3-4-10(9)14-11/h3-7,12,14-16H,1-2H3. The van der Waals surface area contributed by atoms with Crippen LogP contribution >= 0.6 is 8.38 Å². The number of benzene rings is 1. The highest BCUT2D eigenvalue weighted by Crippen LogP contribution is 2.45. The molecule has 1 heterocycles. The van der Waals surface area contributed by atoms with Gasteiger partial charge in [0.25, 0.3) is 0 Å². The van der Waals surface area contributed by atoms with Gasteiger partial charge in [-0.2, -0.15) is 0 Å². The van der Waals surface area contributed by atoms with Crippen molar-refractivity contribution in [2.24, 2.45) is 0 Å². The first-order chi connectivity index (χ1) is 7.99. The summed E-state index contributed by atoms with van der Waals surface area (Å²) in [7, 11) is -2.58. The molecule has 0 fully saturated rings. The zero-order chi connectivity index (χ0) is 12.6. The number of aromatic amines is 1. The number of alkyl halides is 1. The summed E-state index contributed by atoms with van der Waals surface area (Å²) in [6, 6.07) is 6.97. The highest BCUT2D eigenvalue weighted by atomic mass is 31.2. The molecular formula is C12H15FNO2P. The number of nitrogens with one attached hydrogen (secondary N) is 1. The lowest BCUT2D eigenvalue weighted by Crippen LogP contribution is -1.88. The van der Waals surface area contributed by atoms with Crippen molar-refractivity contribution in [3.63, 3.8) is 0 Å². The number of hydrogen-bond donors (Lipinski definition) is 3. The molecule has 92 valence electrons. The molecule has 0 bridgehead atoms. The SMILES string of the molecule is CC(C)c1cc2cc(C(F)P(O)O)ccc2[nH]1. The van der Waals surface area contributed by atoms with Crippen LogP contribution in [0.2, 0.25) is 0 Å². The van der Waals surface area contributed by atoms with Gasteiger partial charge in [0.1, 0.15) is 0 Å². The molecule has 3 nitrogen and oxygen atoms in total. The number of fused-ring (bicyclic) bond motifs is 1. The number of hydrogen-bond acceptors (Lipinski definition) is 2. The lowest BCUT2D eigenvalue weighted by atomic mass is 10.1. The fraction of sp³-hybridized carbons (Fsp3) is 0.333. The number of halogens is 1. The molecule has 2 rings (SSSR count). The van der Waals surface area contributed by atoms with E-state index in [1.54, 1.807) is 18.2 Å². The fourth-order valence-corrected chi connectivity index (χ4v) is 2.19. The minimum atomic E-state index is -2.58. The number of rotatable bonds is 3. The van der Waals surface area contributed by atoms with Crippen molar-refractivity contribution in [3.05, 3.63) is 35.5 Å². The third kappa shape index (κ3) is 2.49. The molecule has 2 aromatic rings. The van der Waals surface area contributed by atoms with Crippen molar-refractivity contribution in [2.45, 2.75) is 25.7 Å². The van der Waals surface area contributed by atoms with Crippen LogP contribution in [0.5, 0.6) is 0 Å². The Hall–Kier alpha value is -0.960. The smallest absolute Gasteiger partial charge is 0.206 e. The Kier molecular flexibility index (Phi) is 3.48. The second-order valence-corrected chi connectivity index (χ2v) is 5.48. The molecule has 1 aromatic heterocycles. The molecular weight excluding hydrogens is 240 g/mol. The van der Waals surface area contributed by atoms with Crippen LogP contribution in [0.25, 0.3) is 10.9 Å². The lowest BCUT2D eigenvalue weighted by Gasteiger charge is -2.08. The molecule has 0 saturated heterocycles. The third-order valence-electron chi connectivity index (χ3n) is 2.77. The average molecular weight is 255 g/mol. The van der Waals surface area contributed by atoms with E-state index in [0.29, 0.717) is 11.5 Å². The van der Waals surface area contributed by atoms with Crippen LogP contribution in [0.1, 0.15) is 36.9 Å². The Morgan fingerprint density at radius 2 is 1.94 bits per heavy atom. The predicted molar refractivity (Wildman–Crippen MR) is 67.6 cm³/mol. The van der Waals surface area contributed by atoms with E-state index in [1.165, 1.54) is 0 Å². The van der Waals surface area contributed by atoms with Gasteiger partial charge in [-0.3, -0.25) is 0 Å². The summed E-state index contributed by atoms with van der Waals surface area (Å²) in [6.45, 7) is 4.15. The maximum atomic E-state index is 13.5. The molecule has 5 heteroatoms. The van der Waals surface area contributed by atoms with E-state index in [2.05, 4.69) is 18.8 Å². The Balaban J connectivity index is 2.43. The zero-order valence-corrected chi connectivity index (χ0v) is 10.6. The number of aromatic nitrogens is 1. The molecule has 1 atom stereocenters. The molecule has 0 amide bonds. The maximum Gasteiger partial charge on any atom is 0.206 e. The second-order valence-electron chi connectivity index (χ2n) is 4.38. The molecule has 0 aliphatic heterocycles. The quantitative estimate of drug-likeness (QED) is 0.734. The molecule has 1 unspecified atom stereocenters. The van der Waals surface area contributed by atoms with Crippen molar-refractivity contribution < 1.29 is 14.2 Å². The van der Waals surface area contributed by atoms with Crippen LogP contribution in [-0.4, -0.2) is 14.8 Å². The normalized spacial score (nSPS) is 13.8. The summed E-state index contributed by atoms with van der Waals surface area (Å²) in [5.74, 6) is -1.33. The van der Waals surface area contributed by atoms with Gasteiger partial charge in [-0.05, 0) is 29.7 Å². The van der Waals surface area contributed by atoms with Crippen molar-refractivity contribution in [1.82, 2.24) is 4.98 Å². The maximum absolute atomic E-state index is 13.5. The van der Waals surface area contributed by atoms with Crippen molar-refractivity contribution >= 4 is 19.3 Å². The van der Waals surface area contributed by atoms with E-state index in [4.69, 9.17) is 9.79 Å². The van der Waals surface area contributed by atoms with E-state index >= 15 is 0 Å². The highest BCUT2D eigenvalue weighted by molar-refractivity contribution is 7.45. The Labute approximate surface area is 100 Å². The molecule has 0 aliphatic rings. The molecule has 1 aromatic carbocycles. The number of H-pyrrole nitrogens is 1. The van der Waals surface area contributed by atoms with Gasteiger partial charge in [0.2, 0.25) is 8.38 Å². The van der Waals surface area contributed by atoms with E-state index in [1.807, 2.05) is 6.07 Å². The van der Waals surface area contributed by atoms with E-state index in [-0.39, 0.29) is 0 Å². The van der Waals surface area contributed by atoms with Gasteiger partial charge in [-0.15, -0.1) is 0 Å². The van der Waals surface area contributed by atoms with Crippen molar-refractivity contribution in [3.8, 4) is 0 Å². The topological polar surface area (TPSA) is 56.2 Å². The lowest BCUT2D eigenvalue weighted by molar-refractivity contribution is 0.373. The van der Waals surface area contributed by atoms with Crippen LogP contribution < -0.4 is 0 Å². The molecule has 0 spiro atoms. The third-order valence-corrected chi connectivity index (χ3v) is 3.47. The Bertz CT molecular complexity index is 524. The monoisotopic (exact) mass is 255 g/mol. The first kappa shape index (κ1) is 12.5. The van der Waals surface area contributed by atoms with Gasteiger partial charge in [0.15, 0.2) is 5.91 Å². The Morgan fingerprint density at radius 3 is 2.53 bits per heavy atom. The van der Waals surface area contributed by atoms with Crippen molar-refractivity contribution in [1.29, 1.82) is 0 Å². The van der Waals surface area contributed by atoms with E-state index in [9.17, 15) is 4.39 Å². The summed E-state index contributed by atoms with van der Waals surface area (Å²) >= 11 is 0. The van der Waals surface area contributed by atoms with Gasteiger partial charge in [-0.1, -0.05) is 19.9 Å². The average Bonchev–Trinajstić information content (AvgIpc) is 2.70. The summed E-state index contributed by atoms with van der Waals surface area (Å²) in [5, 5.41) is 0.894. The van der Waals surface area contributed by atoms with Crippen LogP contribution in [-0.2, 0) is 0 Å². The second kappa shape index (κ2) is 4.73. The van der Waals surface area contributed by atoms with E-state index < -0.39 is 14.3 Å². The minimum Gasteiger partial charge on any atom is -0.358 e. The van der Waals surface area contributed by atoms with Gasteiger partial charge in [0, 0.05) is 16.6 Å². The Morgan fingerprint density at radius 1 is 1.24 bits per heavy atom. The molecule has 0 radical (unpaired) electrons. The van der Waals surface area contributed by atoms with Crippen LogP contribution in [0, 0.1) is 0 Å². The van der Waals surface area contributed by atoms with Gasteiger partial charge in [0.05, 0.1) is 0 Å². The largest absolute Gasteiger partial charge is 0.358 e. The summed E-state index contributed by atoms with van der Waals surface area (Å²) in [6.07, 6.45) is 0. The zero-order valence-electron chi connectivity index (χ0n) is 9.68. The van der Waals surface area contributed by atoms with Crippen LogP contribution in [0.3, 0.4) is 0 Å². The van der Waals surface area contributed by atoms with Crippen molar-refractivity contribution in [2.75, 3.05) is 0 Å². The summed E-state index contributed by atoms with van der Waals surface area (Å²) in [5.41, 5.74) is 2.33. The van der Waals surface area contributed by atoms with Gasteiger partial charge >= 0.3 is 0 Å². The van der Waals surface area contributed by atoms with Gasteiger partial charge < -0.3 is 14.8 Å². The van der Waals surface area contributed by atoms with Crippen LogP contribution in [0.4, 0.5) is 4.39 Å². The first-order valence-electron chi connectivity index (χ1n) is 5.42. The summed E-state index contributed by atoms with van der Waals surface area (Å²) in [4.78, 5) is 21.0. The van der Waals surface area contributed by atoms with Crippen LogP contribution in [0.15, 0.2) is 24.3 Å². The highest BCUT2D eigenvalue weighted by Gasteiger charge is 2.19.